The number of carbonyl (C=O) groups excluding carboxylic acids is 1. The zero-order valence-electron chi connectivity index (χ0n) is 6.89. The molecule has 9 heteroatoms. The average molecular weight is 213 g/mol. The van der Waals surface area contributed by atoms with Gasteiger partial charge in [-0.25, -0.2) is 0 Å². The van der Waals surface area contributed by atoms with Crippen LogP contribution in [0.3, 0.4) is 0 Å². The SMILES string of the molecule is C=CC(N)=O.O=P([O-])([O-])O.[Na+].[Na+]. The largest absolute Gasteiger partial charge is 1.00 e. The summed E-state index contributed by atoms with van der Waals surface area (Å²) in [5, 5.41) is 0. The van der Waals surface area contributed by atoms with Crippen molar-refractivity contribution in [1.82, 2.24) is 0 Å². The van der Waals surface area contributed by atoms with E-state index in [4.69, 9.17) is 19.2 Å². The molecule has 0 spiro atoms. The fourth-order valence-electron chi connectivity index (χ4n) is 0. The minimum absolute atomic E-state index is 0. The summed E-state index contributed by atoms with van der Waals surface area (Å²) in [6, 6.07) is 0. The third-order valence-corrected chi connectivity index (χ3v) is 0.201. The fourth-order valence-corrected chi connectivity index (χ4v) is 0. The maximum Gasteiger partial charge on any atom is 1.00 e. The topological polar surface area (TPSA) is 127 Å². The zero-order valence-corrected chi connectivity index (χ0v) is 11.8. The van der Waals surface area contributed by atoms with Crippen LogP contribution in [0.25, 0.3) is 0 Å². The number of amides is 1. The molecular formula is C3H6NNa2O5P. The van der Waals surface area contributed by atoms with E-state index in [0.29, 0.717) is 0 Å². The van der Waals surface area contributed by atoms with Gasteiger partial charge in [0.25, 0.3) is 0 Å². The Kier molecular flexibility index (Phi) is 23.9. The number of nitrogens with two attached hydrogens (primary N) is 1. The first-order valence-corrected chi connectivity index (χ1v) is 3.43. The molecule has 0 fully saturated rings. The van der Waals surface area contributed by atoms with Crippen molar-refractivity contribution in [1.29, 1.82) is 0 Å². The monoisotopic (exact) mass is 213 g/mol. The van der Waals surface area contributed by atoms with Gasteiger partial charge in [0.1, 0.15) is 0 Å². The summed E-state index contributed by atoms with van der Waals surface area (Å²) in [5.74, 6) is -0.481. The second kappa shape index (κ2) is 12.3. The maximum atomic E-state index is 9.47. The summed E-state index contributed by atoms with van der Waals surface area (Å²) >= 11 is 0. The van der Waals surface area contributed by atoms with Gasteiger partial charge in [-0.1, -0.05) is 6.58 Å². The number of carbonyl (C=O) groups is 1. The van der Waals surface area contributed by atoms with Crippen molar-refractivity contribution in [3.05, 3.63) is 12.7 Å². The molecule has 0 aliphatic carbocycles. The van der Waals surface area contributed by atoms with Crippen LogP contribution in [0.1, 0.15) is 0 Å². The Morgan fingerprint density at radius 1 is 1.50 bits per heavy atom. The van der Waals surface area contributed by atoms with Gasteiger partial charge >= 0.3 is 59.1 Å². The van der Waals surface area contributed by atoms with Gasteiger partial charge in [0.15, 0.2) is 0 Å². The molecule has 12 heavy (non-hydrogen) atoms. The van der Waals surface area contributed by atoms with Crippen molar-refractivity contribution in [3.63, 3.8) is 0 Å². The molecule has 0 radical (unpaired) electrons. The molecule has 0 saturated heterocycles. The second-order valence-corrected chi connectivity index (χ2v) is 2.01. The molecule has 0 heterocycles. The second-order valence-electron chi connectivity index (χ2n) is 1.08. The standard InChI is InChI=1S/C3H5NO.2Na.H3O4P/c1-2-3(4)5;;;1-5(2,3)4/h2H,1H2,(H2,4,5);;;(H3,1,2,3,4)/q;2*+1;/p-2. The van der Waals surface area contributed by atoms with Gasteiger partial charge in [-0.05, 0) is 6.08 Å². The van der Waals surface area contributed by atoms with E-state index in [0.717, 1.165) is 6.08 Å². The van der Waals surface area contributed by atoms with Crippen LogP contribution in [-0.4, -0.2) is 10.8 Å². The van der Waals surface area contributed by atoms with E-state index in [1.807, 2.05) is 0 Å². The summed E-state index contributed by atoms with van der Waals surface area (Å²) in [5.41, 5.74) is 4.53. The van der Waals surface area contributed by atoms with Crippen molar-refractivity contribution in [3.8, 4) is 0 Å². The van der Waals surface area contributed by atoms with E-state index < -0.39 is 13.7 Å². The predicted molar refractivity (Wildman–Crippen MR) is 29.2 cm³/mol. The van der Waals surface area contributed by atoms with Crippen molar-refractivity contribution >= 4 is 13.7 Å². The molecule has 1 amide bonds. The van der Waals surface area contributed by atoms with Crippen molar-refractivity contribution in [2.45, 2.75) is 0 Å². The molecule has 0 aromatic carbocycles. The van der Waals surface area contributed by atoms with E-state index in [-0.39, 0.29) is 59.1 Å². The van der Waals surface area contributed by atoms with E-state index in [9.17, 15) is 4.79 Å². The van der Waals surface area contributed by atoms with E-state index in [1.165, 1.54) is 0 Å². The first kappa shape index (κ1) is 23.3. The zero-order chi connectivity index (χ0) is 8.78. The minimum Gasteiger partial charge on any atom is -0.790 e. The van der Waals surface area contributed by atoms with Crippen LogP contribution in [0.2, 0.25) is 0 Å². The van der Waals surface area contributed by atoms with Gasteiger partial charge in [0.2, 0.25) is 5.91 Å². The summed E-state index contributed by atoms with van der Waals surface area (Å²) in [6.07, 6.45) is 1.06. The quantitative estimate of drug-likeness (QED) is 0.254. The molecule has 0 aliphatic rings. The molecule has 0 atom stereocenters. The van der Waals surface area contributed by atoms with Gasteiger partial charge in [-0.15, -0.1) is 0 Å². The van der Waals surface area contributed by atoms with Crippen molar-refractivity contribution in [2.75, 3.05) is 0 Å². The molecule has 0 rings (SSSR count). The average Bonchev–Trinajstić information content (AvgIpc) is 1.61. The summed E-state index contributed by atoms with van der Waals surface area (Å²) in [6.45, 7) is 3.09. The Morgan fingerprint density at radius 3 is 1.58 bits per heavy atom. The maximum absolute atomic E-state index is 9.47. The number of phosphoric acid groups is 1. The van der Waals surface area contributed by atoms with E-state index >= 15 is 0 Å². The molecule has 0 aromatic heterocycles. The Balaban J connectivity index is -0.0000000457. The molecule has 60 valence electrons. The van der Waals surface area contributed by atoms with Gasteiger partial charge in [-0.2, -0.15) is 0 Å². The molecular weight excluding hydrogens is 207 g/mol. The Labute approximate surface area is 114 Å². The number of primary amides is 1. The van der Waals surface area contributed by atoms with Gasteiger partial charge in [0.05, 0.1) is 7.82 Å². The van der Waals surface area contributed by atoms with Crippen LogP contribution >= 0.6 is 7.82 Å². The summed E-state index contributed by atoms with van der Waals surface area (Å²) in [4.78, 5) is 33.8. The third-order valence-electron chi connectivity index (χ3n) is 0.201. The predicted octanol–water partition coefficient (Wildman–Crippen LogP) is -8.53. The van der Waals surface area contributed by atoms with Crippen molar-refractivity contribution in [2.24, 2.45) is 5.73 Å². The van der Waals surface area contributed by atoms with Crippen molar-refractivity contribution < 1.29 is 83.2 Å². The van der Waals surface area contributed by atoms with Crippen LogP contribution in [0.15, 0.2) is 12.7 Å². The number of hydrogen-bond donors (Lipinski definition) is 2. The fraction of sp³-hybridized carbons (Fsp3) is 0. The first-order valence-electron chi connectivity index (χ1n) is 1.94. The van der Waals surface area contributed by atoms with Crippen LogP contribution in [0.4, 0.5) is 0 Å². The molecule has 0 bridgehead atoms. The molecule has 0 aliphatic heterocycles. The van der Waals surface area contributed by atoms with E-state index in [1.54, 1.807) is 0 Å². The number of rotatable bonds is 1. The molecule has 0 unspecified atom stereocenters. The minimum atomic E-state index is -5.14. The molecule has 6 nitrogen and oxygen atoms in total. The van der Waals surface area contributed by atoms with Crippen LogP contribution in [-0.2, 0) is 9.36 Å². The van der Waals surface area contributed by atoms with E-state index in [2.05, 4.69) is 12.3 Å². The van der Waals surface area contributed by atoms with Gasteiger partial charge < -0.3 is 25.0 Å². The molecule has 0 aromatic rings. The smallest absolute Gasteiger partial charge is 0.790 e. The summed E-state index contributed by atoms with van der Waals surface area (Å²) in [7, 11) is -5.14. The Hall–Kier alpha value is 1.32. The Morgan fingerprint density at radius 2 is 1.58 bits per heavy atom. The van der Waals surface area contributed by atoms with Gasteiger partial charge in [-0.3, -0.25) is 4.79 Å². The first-order chi connectivity index (χ1) is 4.27. The van der Waals surface area contributed by atoms with Gasteiger partial charge in [0, 0.05) is 0 Å². The Bertz CT molecular complexity index is 160. The number of hydrogen-bond acceptors (Lipinski definition) is 4. The normalized spacial score (nSPS) is 7.58. The summed E-state index contributed by atoms with van der Waals surface area (Å²) < 4.78 is 8.66. The third kappa shape index (κ3) is 109. The van der Waals surface area contributed by atoms with Crippen LogP contribution < -0.4 is 74.6 Å². The molecule has 0 saturated carbocycles. The molecule has 3 N–H and O–H groups in total. The van der Waals surface area contributed by atoms with Crippen LogP contribution in [0.5, 0.6) is 0 Å². The van der Waals surface area contributed by atoms with Crippen LogP contribution in [0, 0.1) is 0 Å².